The molecular weight excluding hydrogens is 258 g/mol. The number of rotatable bonds is 6. The molecule has 1 rings (SSSR count). The topological polar surface area (TPSA) is 60.2 Å². The lowest BCUT2D eigenvalue weighted by Gasteiger charge is -2.12. The molecule has 0 fully saturated rings. The average Bonchev–Trinajstić information content (AvgIpc) is 2.26. The van der Waals surface area contributed by atoms with Gasteiger partial charge in [0.05, 0.1) is 11.5 Å². The Kier molecular flexibility index (Phi) is 5.43. The minimum absolute atomic E-state index is 0.00533. The fourth-order valence-electron chi connectivity index (χ4n) is 1.53. The molecule has 0 saturated heterocycles. The lowest BCUT2D eigenvalue weighted by molar-refractivity contribution is 0.585. The van der Waals surface area contributed by atoms with Crippen molar-refractivity contribution in [2.75, 3.05) is 11.5 Å². The molecule has 0 heterocycles. The van der Waals surface area contributed by atoms with Crippen LogP contribution in [0.2, 0.25) is 5.02 Å². The average molecular weight is 276 g/mol. The smallest absolute Gasteiger partial charge is 0.152 e. The summed E-state index contributed by atoms with van der Waals surface area (Å²) in [5.41, 5.74) is 6.68. The molecule has 1 aromatic carbocycles. The van der Waals surface area contributed by atoms with E-state index in [-0.39, 0.29) is 11.5 Å². The third-order valence-electron chi connectivity index (χ3n) is 2.54. The number of benzene rings is 1. The van der Waals surface area contributed by atoms with Crippen LogP contribution in [-0.4, -0.2) is 19.9 Å². The monoisotopic (exact) mass is 275 g/mol. The van der Waals surface area contributed by atoms with E-state index in [9.17, 15) is 8.42 Å². The maximum absolute atomic E-state index is 11.7. The van der Waals surface area contributed by atoms with Crippen molar-refractivity contribution in [1.82, 2.24) is 0 Å². The predicted octanol–water partition coefficient (Wildman–Crippen LogP) is 2.55. The maximum Gasteiger partial charge on any atom is 0.152 e. The Morgan fingerprint density at radius 1 is 1.29 bits per heavy atom. The van der Waals surface area contributed by atoms with Crippen LogP contribution in [0.3, 0.4) is 0 Å². The van der Waals surface area contributed by atoms with Crippen LogP contribution in [-0.2, 0) is 9.84 Å². The van der Waals surface area contributed by atoms with E-state index in [0.29, 0.717) is 11.4 Å². The van der Waals surface area contributed by atoms with Gasteiger partial charge < -0.3 is 5.73 Å². The molecule has 0 spiro atoms. The van der Waals surface area contributed by atoms with Crippen molar-refractivity contribution in [1.29, 1.82) is 0 Å². The van der Waals surface area contributed by atoms with Gasteiger partial charge in [-0.15, -0.1) is 0 Å². The highest BCUT2D eigenvalue weighted by Gasteiger charge is 2.16. The van der Waals surface area contributed by atoms with Gasteiger partial charge in [-0.1, -0.05) is 37.1 Å². The highest BCUT2D eigenvalue weighted by atomic mass is 35.5. The Morgan fingerprint density at radius 2 is 1.88 bits per heavy atom. The van der Waals surface area contributed by atoms with Crippen LogP contribution in [0.25, 0.3) is 0 Å². The van der Waals surface area contributed by atoms with Gasteiger partial charge in [0.2, 0.25) is 0 Å². The highest BCUT2D eigenvalue weighted by molar-refractivity contribution is 7.91. The number of unbranched alkanes of at least 4 members (excludes halogenated alkanes) is 1. The molecule has 17 heavy (non-hydrogen) atoms. The quantitative estimate of drug-likeness (QED) is 0.868. The van der Waals surface area contributed by atoms with E-state index in [1.165, 1.54) is 0 Å². The molecule has 0 aliphatic heterocycles. The molecule has 1 atom stereocenters. The summed E-state index contributed by atoms with van der Waals surface area (Å²) in [6, 6.07) is 6.49. The Morgan fingerprint density at radius 3 is 2.41 bits per heavy atom. The molecule has 5 heteroatoms. The van der Waals surface area contributed by atoms with Gasteiger partial charge in [0, 0.05) is 11.1 Å². The number of sulfone groups is 1. The minimum atomic E-state index is -3.06. The van der Waals surface area contributed by atoms with E-state index in [1.807, 2.05) is 6.92 Å². The molecule has 0 aromatic heterocycles. The van der Waals surface area contributed by atoms with E-state index in [2.05, 4.69) is 0 Å². The van der Waals surface area contributed by atoms with Gasteiger partial charge >= 0.3 is 0 Å². The Labute approximate surface area is 108 Å². The summed E-state index contributed by atoms with van der Waals surface area (Å²) in [7, 11) is -3.06. The third kappa shape index (κ3) is 5.06. The minimum Gasteiger partial charge on any atom is -0.323 e. The first kappa shape index (κ1) is 14.5. The standard InChI is InChI=1S/C12H18ClNO2S/c1-2-3-8-17(15,16)9-12(14)10-4-6-11(13)7-5-10/h4-7,12H,2-3,8-9,14H2,1H3. The van der Waals surface area contributed by atoms with Crippen LogP contribution in [0.5, 0.6) is 0 Å². The van der Waals surface area contributed by atoms with Gasteiger partial charge in [-0.25, -0.2) is 8.42 Å². The van der Waals surface area contributed by atoms with Crippen LogP contribution >= 0.6 is 11.6 Å². The van der Waals surface area contributed by atoms with E-state index >= 15 is 0 Å². The Balaban J connectivity index is 2.65. The number of nitrogens with two attached hydrogens (primary N) is 1. The van der Waals surface area contributed by atoms with Gasteiger partial charge in [0.1, 0.15) is 0 Å². The fraction of sp³-hybridized carbons (Fsp3) is 0.500. The molecule has 2 N–H and O–H groups in total. The molecule has 0 aliphatic rings. The lowest BCUT2D eigenvalue weighted by Crippen LogP contribution is -2.23. The molecular formula is C12H18ClNO2S. The second-order valence-corrected chi connectivity index (χ2v) is 6.79. The Bertz CT molecular complexity index is 442. The molecule has 3 nitrogen and oxygen atoms in total. The molecule has 0 saturated carbocycles. The zero-order chi connectivity index (χ0) is 12.9. The first-order chi connectivity index (χ1) is 7.94. The van der Waals surface area contributed by atoms with Crippen LogP contribution in [0, 0.1) is 0 Å². The fourth-order valence-corrected chi connectivity index (χ4v) is 3.29. The summed E-state index contributed by atoms with van der Waals surface area (Å²) < 4.78 is 23.5. The molecule has 0 radical (unpaired) electrons. The first-order valence-corrected chi connectivity index (χ1v) is 7.86. The molecule has 0 bridgehead atoms. The number of hydrogen-bond acceptors (Lipinski definition) is 3. The highest BCUT2D eigenvalue weighted by Crippen LogP contribution is 2.16. The van der Waals surface area contributed by atoms with Gasteiger partial charge in [0.25, 0.3) is 0 Å². The van der Waals surface area contributed by atoms with Crippen molar-refractivity contribution in [3.63, 3.8) is 0 Å². The van der Waals surface area contributed by atoms with Crippen molar-refractivity contribution in [2.24, 2.45) is 5.73 Å². The molecule has 96 valence electrons. The summed E-state index contributed by atoms with van der Waals surface area (Å²) >= 11 is 5.76. The second kappa shape index (κ2) is 6.38. The first-order valence-electron chi connectivity index (χ1n) is 5.66. The van der Waals surface area contributed by atoms with Gasteiger partial charge in [-0.2, -0.15) is 0 Å². The largest absolute Gasteiger partial charge is 0.323 e. The summed E-state index contributed by atoms with van der Waals surface area (Å²) in [4.78, 5) is 0. The van der Waals surface area contributed by atoms with Crippen molar-refractivity contribution in [3.8, 4) is 0 Å². The van der Waals surface area contributed by atoms with Crippen molar-refractivity contribution < 1.29 is 8.42 Å². The van der Waals surface area contributed by atoms with Crippen LogP contribution in [0.1, 0.15) is 31.4 Å². The van der Waals surface area contributed by atoms with E-state index < -0.39 is 15.9 Å². The third-order valence-corrected chi connectivity index (χ3v) is 4.57. The number of halogens is 1. The summed E-state index contributed by atoms with van der Waals surface area (Å²) in [6.07, 6.45) is 1.56. The summed E-state index contributed by atoms with van der Waals surface area (Å²) in [5, 5.41) is 0.620. The summed E-state index contributed by atoms with van der Waals surface area (Å²) in [5.74, 6) is 0.208. The zero-order valence-corrected chi connectivity index (χ0v) is 11.5. The van der Waals surface area contributed by atoms with E-state index in [0.717, 1.165) is 12.0 Å². The van der Waals surface area contributed by atoms with Crippen molar-refractivity contribution in [2.45, 2.75) is 25.8 Å². The van der Waals surface area contributed by atoms with Crippen molar-refractivity contribution in [3.05, 3.63) is 34.9 Å². The number of hydrogen-bond donors (Lipinski definition) is 1. The molecule has 1 unspecified atom stereocenters. The maximum atomic E-state index is 11.7. The van der Waals surface area contributed by atoms with Crippen LogP contribution in [0.4, 0.5) is 0 Å². The Hall–Kier alpha value is -0.580. The molecule has 0 aliphatic carbocycles. The van der Waals surface area contributed by atoms with E-state index in [4.69, 9.17) is 17.3 Å². The van der Waals surface area contributed by atoms with E-state index in [1.54, 1.807) is 24.3 Å². The predicted molar refractivity (Wildman–Crippen MR) is 71.9 cm³/mol. The second-order valence-electron chi connectivity index (χ2n) is 4.13. The van der Waals surface area contributed by atoms with Crippen LogP contribution < -0.4 is 5.73 Å². The van der Waals surface area contributed by atoms with Crippen LogP contribution in [0.15, 0.2) is 24.3 Å². The molecule has 1 aromatic rings. The lowest BCUT2D eigenvalue weighted by atomic mass is 10.1. The SMILES string of the molecule is CCCCS(=O)(=O)CC(N)c1ccc(Cl)cc1. The summed E-state index contributed by atoms with van der Waals surface area (Å²) in [6.45, 7) is 1.97. The zero-order valence-electron chi connectivity index (χ0n) is 9.90. The van der Waals surface area contributed by atoms with Gasteiger partial charge in [-0.05, 0) is 24.1 Å². The van der Waals surface area contributed by atoms with Gasteiger partial charge in [-0.3, -0.25) is 0 Å². The van der Waals surface area contributed by atoms with Crippen molar-refractivity contribution >= 4 is 21.4 Å². The normalized spacial score (nSPS) is 13.6. The van der Waals surface area contributed by atoms with Gasteiger partial charge in [0.15, 0.2) is 9.84 Å². The molecule has 0 amide bonds.